The first-order chi connectivity index (χ1) is 15.2. The van der Waals surface area contributed by atoms with Crippen molar-refractivity contribution < 1.29 is 9.84 Å². The highest BCUT2D eigenvalue weighted by Gasteiger charge is 2.27. The maximum absolute atomic E-state index is 10.5. The number of aliphatic hydroxyl groups is 1. The van der Waals surface area contributed by atoms with Crippen molar-refractivity contribution in [2.75, 3.05) is 39.3 Å². The molecule has 1 heterocycles. The molecule has 0 aliphatic carbocycles. The van der Waals surface area contributed by atoms with Crippen LogP contribution in [-0.2, 0) is 0 Å². The van der Waals surface area contributed by atoms with E-state index in [4.69, 9.17) is 4.74 Å². The average Bonchev–Trinajstić information content (AvgIpc) is 2.81. The highest BCUT2D eigenvalue weighted by Crippen LogP contribution is 2.29. The lowest BCUT2D eigenvalue weighted by Crippen LogP contribution is -2.50. The van der Waals surface area contributed by atoms with Crippen LogP contribution in [0.15, 0.2) is 84.9 Å². The minimum Gasteiger partial charge on any atom is -0.491 e. The second-order valence-corrected chi connectivity index (χ2v) is 8.34. The van der Waals surface area contributed by atoms with E-state index in [1.807, 2.05) is 31.2 Å². The number of aliphatic hydroxyl groups excluding tert-OH is 1. The molecule has 4 heteroatoms. The van der Waals surface area contributed by atoms with Gasteiger partial charge in [0.25, 0.3) is 0 Å². The predicted octanol–water partition coefficient (Wildman–Crippen LogP) is 4.14. The fraction of sp³-hybridized carbons (Fsp3) is 0.333. The molecule has 0 aromatic heterocycles. The third kappa shape index (κ3) is 5.95. The summed E-state index contributed by atoms with van der Waals surface area (Å²) < 4.78 is 5.78. The number of hydrogen-bond donors (Lipinski definition) is 1. The molecule has 1 aliphatic heterocycles. The molecule has 0 amide bonds. The maximum Gasteiger partial charge on any atom is 0.119 e. The van der Waals surface area contributed by atoms with Crippen LogP contribution >= 0.6 is 0 Å². The molecule has 1 unspecified atom stereocenters. The van der Waals surface area contributed by atoms with Crippen LogP contribution in [0.2, 0.25) is 0 Å². The second-order valence-electron chi connectivity index (χ2n) is 8.34. The number of piperazine rings is 1. The standard InChI is InChI=1S/C27H32N2O2/c1-22-9-8-14-26(19-22)31-21-25(30)20-28-15-17-29(18-16-28)27(23-10-4-2-5-11-23)24-12-6-3-7-13-24/h2-14,19,25,27,30H,15-18,20-21H2,1H3. The van der Waals surface area contributed by atoms with Gasteiger partial charge in [-0.05, 0) is 35.7 Å². The molecule has 162 valence electrons. The normalized spacial score (nSPS) is 16.4. The summed E-state index contributed by atoms with van der Waals surface area (Å²) in [4.78, 5) is 4.89. The van der Waals surface area contributed by atoms with Gasteiger partial charge in [0.2, 0.25) is 0 Å². The van der Waals surface area contributed by atoms with Gasteiger partial charge in [-0.15, -0.1) is 0 Å². The SMILES string of the molecule is Cc1cccc(OCC(O)CN2CCN(C(c3ccccc3)c3ccccc3)CC2)c1. The Morgan fingerprint density at radius 3 is 2.00 bits per heavy atom. The van der Waals surface area contributed by atoms with Crippen molar-refractivity contribution in [1.82, 2.24) is 9.80 Å². The van der Waals surface area contributed by atoms with E-state index < -0.39 is 6.10 Å². The molecule has 0 spiro atoms. The Balaban J connectivity index is 1.32. The van der Waals surface area contributed by atoms with Gasteiger partial charge < -0.3 is 9.84 Å². The monoisotopic (exact) mass is 416 g/mol. The zero-order valence-electron chi connectivity index (χ0n) is 18.2. The molecule has 3 aromatic carbocycles. The van der Waals surface area contributed by atoms with Crippen molar-refractivity contribution in [3.05, 3.63) is 102 Å². The number of rotatable bonds is 8. The van der Waals surface area contributed by atoms with Crippen molar-refractivity contribution >= 4 is 0 Å². The molecule has 1 fully saturated rings. The lowest BCUT2D eigenvalue weighted by molar-refractivity contribution is 0.0401. The summed E-state index contributed by atoms with van der Waals surface area (Å²) in [7, 11) is 0. The number of hydrogen-bond acceptors (Lipinski definition) is 4. The van der Waals surface area contributed by atoms with E-state index in [1.165, 1.54) is 11.1 Å². The van der Waals surface area contributed by atoms with Crippen molar-refractivity contribution in [2.24, 2.45) is 0 Å². The fourth-order valence-corrected chi connectivity index (χ4v) is 4.34. The second kappa shape index (κ2) is 10.6. The van der Waals surface area contributed by atoms with Crippen molar-refractivity contribution in [2.45, 2.75) is 19.1 Å². The molecular weight excluding hydrogens is 384 g/mol. The van der Waals surface area contributed by atoms with Gasteiger partial charge in [0.15, 0.2) is 0 Å². The Kier molecular flexibility index (Phi) is 7.36. The van der Waals surface area contributed by atoms with Crippen molar-refractivity contribution in [3.63, 3.8) is 0 Å². The third-order valence-corrected chi connectivity index (χ3v) is 5.90. The van der Waals surface area contributed by atoms with E-state index >= 15 is 0 Å². The summed E-state index contributed by atoms with van der Waals surface area (Å²) in [6.45, 7) is 6.83. The third-order valence-electron chi connectivity index (χ3n) is 5.90. The molecule has 1 aliphatic rings. The van der Waals surface area contributed by atoms with Crippen molar-refractivity contribution in [1.29, 1.82) is 0 Å². The minimum absolute atomic E-state index is 0.263. The lowest BCUT2D eigenvalue weighted by atomic mass is 9.96. The zero-order chi connectivity index (χ0) is 21.5. The Morgan fingerprint density at radius 2 is 1.42 bits per heavy atom. The number of β-amino-alcohol motifs (C(OH)–C–C–N with tert-alkyl or cyclic N) is 1. The molecule has 1 N–H and O–H groups in total. The fourth-order valence-electron chi connectivity index (χ4n) is 4.34. The summed E-state index contributed by atoms with van der Waals surface area (Å²) in [6, 6.07) is 29.7. The molecule has 0 radical (unpaired) electrons. The highest BCUT2D eigenvalue weighted by atomic mass is 16.5. The predicted molar refractivity (Wildman–Crippen MR) is 125 cm³/mol. The van der Waals surface area contributed by atoms with Crippen LogP contribution in [-0.4, -0.2) is 60.3 Å². The van der Waals surface area contributed by atoms with E-state index in [2.05, 4.69) is 70.5 Å². The molecule has 1 atom stereocenters. The number of aryl methyl sites for hydroxylation is 1. The molecule has 4 rings (SSSR count). The Bertz CT molecular complexity index is 885. The number of nitrogens with zero attached hydrogens (tertiary/aromatic N) is 2. The average molecular weight is 417 g/mol. The molecule has 3 aromatic rings. The van der Waals surface area contributed by atoms with Gasteiger partial charge >= 0.3 is 0 Å². The highest BCUT2D eigenvalue weighted by molar-refractivity contribution is 5.32. The quantitative estimate of drug-likeness (QED) is 0.599. The van der Waals surface area contributed by atoms with Crippen LogP contribution in [0.25, 0.3) is 0 Å². The van der Waals surface area contributed by atoms with Gasteiger partial charge in [-0.25, -0.2) is 0 Å². The zero-order valence-corrected chi connectivity index (χ0v) is 18.2. The van der Waals surface area contributed by atoms with Crippen LogP contribution in [0.4, 0.5) is 0 Å². The molecule has 1 saturated heterocycles. The molecule has 0 saturated carbocycles. The Morgan fingerprint density at radius 1 is 0.806 bits per heavy atom. The van der Waals surface area contributed by atoms with E-state index in [0.29, 0.717) is 13.2 Å². The van der Waals surface area contributed by atoms with Gasteiger partial charge in [0.05, 0.1) is 6.04 Å². The van der Waals surface area contributed by atoms with Crippen molar-refractivity contribution in [3.8, 4) is 5.75 Å². The number of ether oxygens (including phenoxy) is 1. The van der Waals surface area contributed by atoms with Gasteiger partial charge in [-0.3, -0.25) is 9.80 Å². The number of benzene rings is 3. The van der Waals surface area contributed by atoms with E-state index in [0.717, 1.165) is 37.5 Å². The van der Waals surface area contributed by atoms with E-state index in [-0.39, 0.29) is 6.04 Å². The first kappa shape index (κ1) is 21.6. The van der Waals surface area contributed by atoms with E-state index in [1.54, 1.807) is 0 Å². The van der Waals surface area contributed by atoms with Crippen LogP contribution in [0.5, 0.6) is 5.75 Å². The largest absolute Gasteiger partial charge is 0.491 e. The van der Waals surface area contributed by atoms with Crippen LogP contribution < -0.4 is 4.74 Å². The summed E-state index contributed by atoms with van der Waals surface area (Å²) in [5.41, 5.74) is 3.82. The van der Waals surface area contributed by atoms with Gasteiger partial charge in [0, 0.05) is 32.7 Å². The summed E-state index contributed by atoms with van der Waals surface area (Å²) >= 11 is 0. The first-order valence-corrected chi connectivity index (χ1v) is 11.1. The van der Waals surface area contributed by atoms with Gasteiger partial charge in [-0.2, -0.15) is 0 Å². The van der Waals surface area contributed by atoms with Gasteiger partial charge in [-0.1, -0.05) is 72.8 Å². The Hall–Kier alpha value is -2.66. The summed E-state index contributed by atoms with van der Waals surface area (Å²) in [5.74, 6) is 0.817. The minimum atomic E-state index is -0.494. The lowest BCUT2D eigenvalue weighted by Gasteiger charge is -2.40. The molecule has 31 heavy (non-hydrogen) atoms. The molecule has 4 nitrogen and oxygen atoms in total. The van der Waals surface area contributed by atoms with Crippen LogP contribution in [0.3, 0.4) is 0 Å². The Labute approximate surface area is 185 Å². The van der Waals surface area contributed by atoms with Crippen LogP contribution in [0, 0.1) is 6.92 Å². The smallest absolute Gasteiger partial charge is 0.119 e. The molecular formula is C27H32N2O2. The summed E-state index contributed by atoms with van der Waals surface area (Å²) in [5, 5.41) is 10.5. The van der Waals surface area contributed by atoms with Gasteiger partial charge in [0.1, 0.15) is 18.5 Å². The van der Waals surface area contributed by atoms with Crippen LogP contribution in [0.1, 0.15) is 22.7 Å². The topological polar surface area (TPSA) is 35.9 Å². The maximum atomic E-state index is 10.5. The summed E-state index contributed by atoms with van der Waals surface area (Å²) in [6.07, 6.45) is -0.494. The first-order valence-electron chi connectivity index (χ1n) is 11.1. The van der Waals surface area contributed by atoms with E-state index in [9.17, 15) is 5.11 Å². The molecule has 0 bridgehead atoms.